The third-order valence-corrected chi connectivity index (χ3v) is 3.45. The Morgan fingerprint density at radius 1 is 1.06 bits per heavy atom. The van der Waals surface area contributed by atoms with Crippen LogP contribution in [0.1, 0.15) is 63.0 Å². The minimum atomic E-state index is 0.260. The van der Waals surface area contributed by atoms with Crippen LogP contribution in [0.5, 0.6) is 0 Å². The van der Waals surface area contributed by atoms with Crippen LogP contribution >= 0.6 is 0 Å². The molecule has 0 saturated heterocycles. The molecular formula is C15H24O. The summed E-state index contributed by atoms with van der Waals surface area (Å²) in [6.07, 6.45) is 3.37. The van der Waals surface area contributed by atoms with Crippen molar-refractivity contribution in [2.75, 3.05) is 6.61 Å². The lowest BCUT2D eigenvalue weighted by Gasteiger charge is -2.15. The van der Waals surface area contributed by atoms with Crippen molar-refractivity contribution >= 4 is 0 Å². The van der Waals surface area contributed by atoms with Gasteiger partial charge in [-0.3, -0.25) is 0 Å². The molecule has 2 atom stereocenters. The van der Waals surface area contributed by atoms with Crippen LogP contribution in [0.25, 0.3) is 0 Å². The molecule has 1 N–H and O–H groups in total. The zero-order chi connectivity index (χ0) is 12.0. The molecule has 1 aromatic rings. The van der Waals surface area contributed by atoms with E-state index in [2.05, 4.69) is 45.0 Å². The van der Waals surface area contributed by atoms with Gasteiger partial charge in [-0.25, -0.2) is 0 Å². The van der Waals surface area contributed by atoms with E-state index < -0.39 is 0 Å². The summed E-state index contributed by atoms with van der Waals surface area (Å²) in [6.45, 7) is 6.89. The lowest BCUT2D eigenvalue weighted by molar-refractivity contribution is 0.258. The average Bonchev–Trinajstić information content (AvgIpc) is 2.35. The van der Waals surface area contributed by atoms with Gasteiger partial charge in [-0.15, -0.1) is 0 Å². The van der Waals surface area contributed by atoms with Crippen LogP contribution in [-0.2, 0) is 0 Å². The smallest absolute Gasteiger partial charge is 0.0499 e. The largest absolute Gasteiger partial charge is 0.396 e. The molecule has 0 heterocycles. The summed E-state index contributed by atoms with van der Waals surface area (Å²) in [6, 6.07) is 8.78. The second kappa shape index (κ2) is 6.70. The van der Waals surface area contributed by atoms with Crippen molar-refractivity contribution in [2.45, 2.75) is 51.9 Å². The standard InChI is InChI=1S/C15H24O/c1-4-6-15(11-16)14-9-7-13(8-10-14)12(3)5-2/h7-10,12,15-16H,4-6,11H2,1-3H3. The molecule has 1 rings (SSSR count). The quantitative estimate of drug-likeness (QED) is 0.766. The van der Waals surface area contributed by atoms with Crippen LogP contribution < -0.4 is 0 Å². The molecule has 0 aromatic heterocycles. The topological polar surface area (TPSA) is 20.2 Å². The molecule has 2 unspecified atom stereocenters. The molecule has 0 bridgehead atoms. The Bertz CT molecular complexity index is 289. The SMILES string of the molecule is CCCC(CO)c1ccc(C(C)CC)cc1. The predicted molar refractivity (Wildman–Crippen MR) is 69.9 cm³/mol. The van der Waals surface area contributed by atoms with Gasteiger partial charge < -0.3 is 5.11 Å². The van der Waals surface area contributed by atoms with E-state index in [1.165, 1.54) is 17.5 Å². The lowest BCUT2D eigenvalue weighted by atomic mass is 9.91. The zero-order valence-electron chi connectivity index (χ0n) is 10.7. The number of aliphatic hydroxyl groups is 1. The second-order valence-electron chi connectivity index (χ2n) is 4.64. The highest BCUT2D eigenvalue weighted by Crippen LogP contribution is 2.24. The van der Waals surface area contributed by atoms with E-state index in [1.807, 2.05) is 0 Å². The predicted octanol–water partition coefficient (Wildman–Crippen LogP) is 4.08. The molecule has 90 valence electrons. The highest BCUT2D eigenvalue weighted by molar-refractivity contribution is 5.27. The summed E-state index contributed by atoms with van der Waals surface area (Å²) in [4.78, 5) is 0. The van der Waals surface area contributed by atoms with Gasteiger partial charge in [0.05, 0.1) is 0 Å². The molecule has 0 aliphatic rings. The first-order valence-electron chi connectivity index (χ1n) is 6.43. The monoisotopic (exact) mass is 220 g/mol. The highest BCUT2D eigenvalue weighted by atomic mass is 16.3. The minimum absolute atomic E-state index is 0.260. The normalized spacial score (nSPS) is 14.8. The molecule has 0 fully saturated rings. The average molecular weight is 220 g/mol. The van der Waals surface area contributed by atoms with Crippen LogP contribution in [-0.4, -0.2) is 11.7 Å². The van der Waals surface area contributed by atoms with Crippen LogP contribution in [0.15, 0.2) is 24.3 Å². The van der Waals surface area contributed by atoms with E-state index in [-0.39, 0.29) is 6.61 Å². The Kier molecular flexibility index (Phi) is 5.54. The van der Waals surface area contributed by atoms with Gasteiger partial charge in [-0.05, 0) is 29.9 Å². The van der Waals surface area contributed by atoms with Crippen molar-refractivity contribution in [3.8, 4) is 0 Å². The van der Waals surface area contributed by atoms with Gasteiger partial charge in [0.15, 0.2) is 0 Å². The molecule has 0 radical (unpaired) electrons. The van der Waals surface area contributed by atoms with Gasteiger partial charge >= 0.3 is 0 Å². The second-order valence-corrected chi connectivity index (χ2v) is 4.64. The van der Waals surface area contributed by atoms with E-state index in [1.54, 1.807) is 0 Å². The van der Waals surface area contributed by atoms with Crippen molar-refractivity contribution in [3.63, 3.8) is 0 Å². The maximum atomic E-state index is 9.34. The molecule has 1 aromatic carbocycles. The molecule has 0 saturated carbocycles. The molecule has 0 spiro atoms. The summed E-state index contributed by atoms with van der Waals surface area (Å²) in [7, 11) is 0. The van der Waals surface area contributed by atoms with Crippen molar-refractivity contribution in [1.29, 1.82) is 0 Å². The van der Waals surface area contributed by atoms with Crippen molar-refractivity contribution in [1.82, 2.24) is 0 Å². The Balaban J connectivity index is 2.76. The Morgan fingerprint density at radius 3 is 2.06 bits per heavy atom. The fourth-order valence-electron chi connectivity index (χ4n) is 2.04. The maximum Gasteiger partial charge on any atom is 0.0499 e. The van der Waals surface area contributed by atoms with E-state index in [0.29, 0.717) is 11.8 Å². The van der Waals surface area contributed by atoms with Gasteiger partial charge in [0.1, 0.15) is 0 Å². The van der Waals surface area contributed by atoms with Crippen LogP contribution in [0, 0.1) is 0 Å². The molecule has 0 aliphatic carbocycles. The highest BCUT2D eigenvalue weighted by Gasteiger charge is 2.10. The number of aliphatic hydroxyl groups excluding tert-OH is 1. The zero-order valence-corrected chi connectivity index (χ0v) is 10.7. The number of benzene rings is 1. The summed E-state index contributed by atoms with van der Waals surface area (Å²) >= 11 is 0. The first kappa shape index (κ1) is 13.2. The Labute approximate surface area is 99.5 Å². The lowest BCUT2D eigenvalue weighted by Crippen LogP contribution is -2.04. The molecule has 0 amide bonds. The summed E-state index contributed by atoms with van der Waals surface area (Å²) in [5.74, 6) is 0.948. The Hall–Kier alpha value is -0.820. The van der Waals surface area contributed by atoms with E-state index in [4.69, 9.17) is 0 Å². The fourth-order valence-corrected chi connectivity index (χ4v) is 2.04. The van der Waals surface area contributed by atoms with Gasteiger partial charge in [0, 0.05) is 12.5 Å². The van der Waals surface area contributed by atoms with Gasteiger partial charge in [-0.1, -0.05) is 51.5 Å². The molecule has 1 heteroatoms. The number of rotatable bonds is 6. The van der Waals surface area contributed by atoms with Crippen molar-refractivity contribution < 1.29 is 5.11 Å². The fraction of sp³-hybridized carbons (Fsp3) is 0.600. The van der Waals surface area contributed by atoms with Gasteiger partial charge in [0.25, 0.3) is 0 Å². The van der Waals surface area contributed by atoms with E-state index in [0.717, 1.165) is 12.8 Å². The molecular weight excluding hydrogens is 196 g/mol. The third-order valence-electron chi connectivity index (χ3n) is 3.45. The van der Waals surface area contributed by atoms with Gasteiger partial charge in [-0.2, -0.15) is 0 Å². The summed E-state index contributed by atoms with van der Waals surface area (Å²) in [5.41, 5.74) is 2.68. The molecule has 1 nitrogen and oxygen atoms in total. The number of hydrogen-bond donors (Lipinski definition) is 1. The molecule has 16 heavy (non-hydrogen) atoms. The van der Waals surface area contributed by atoms with Crippen molar-refractivity contribution in [2.24, 2.45) is 0 Å². The minimum Gasteiger partial charge on any atom is -0.396 e. The Morgan fingerprint density at radius 2 is 1.62 bits per heavy atom. The van der Waals surface area contributed by atoms with Crippen LogP contribution in [0.2, 0.25) is 0 Å². The number of hydrogen-bond acceptors (Lipinski definition) is 1. The summed E-state index contributed by atoms with van der Waals surface area (Å²) in [5, 5.41) is 9.34. The van der Waals surface area contributed by atoms with Gasteiger partial charge in [0.2, 0.25) is 0 Å². The first-order chi connectivity index (χ1) is 7.72. The van der Waals surface area contributed by atoms with Crippen LogP contribution in [0.4, 0.5) is 0 Å². The van der Waals surface area contributed by atoms with E-state index >= 15 is 0 Å². The first-order valence-corrected chi connectivity index (χ1v) is 6.43. The van der Waals surface area contributed by atoms with E-state index in [9.17, 15) is 5.11 Å². The maximum absolute atomic E-state index is 9.34. The van der Waals surface area contributed by atoms with Crippen molar-refractivity contribution in [3.05, 3.63) is 35.4 Å². The third kappa shape index (κ3) is 3.34. The van der Waals surface area contributed by atoms with Crippen LogP contribution in [0.3, 0.4) is 0 Å². The molecule has 0 aliphatic heterocycles. The summed E-state index contributed by atoms with van der Waals surface area (Å²) < 4.78 is 0.